The number of aromatic hydroxyl groups is 1. The van der Waals surface area contributed by atoms with Crippen LogP contribution in [0.1, 0.15) is 54.1 Å². The lowest BCUT2D eigenvalue weighted by molar-refractivity contribution is 0.102. The van der Waals surface area contributed by atoms with E-state index in [1.807, 2.05) is 29.0 Å². The summed E-state index contributed by atoms with van der Waals surface area (Å²) in [5, 5.41) is 24.0. The van der Waals surface area contributed by atoms with Gasteiger partial charge in [0.1, 0.15) is 0 Å². The van der Waals surface area contributed by atoms with Crippen molar-refractivity contribution >= 4 is 22.4 Å². The normalized spacial score (nSPS) is 14.8. The van der Waals surface area contributed by atoms with Crippen LogP contribution in [0.5, 0.6) is 5.88 Å². The molecule has 1 aliphatic rings. The lowest BCUT2D eigenvalue weighted by Gasteiger charge is -2.23. The van der Waals surface area contributed by atoms with Gasteiger partial charge in [-0.2, -0.15) is 5.26 Å². The second-order valence-electron chi connectivity index (χ2n) is 7.10. The number of aromatic nitrogens is 1. The molecule has 5 nitrogen and oxygen atoms in total. The summed E-state index contributed by atoms with van der Waals surface area (Å²) in [4.78, 5) is 12.4. The van der Waals surface area contributed by atoms with Gasteiger partial charge in [-0.25, -0.2) is 0 Å². The van der Waals surface area contributed by atoms with Crippen LogP contribution in [0.2, 0.25) is 0 Å². The van der Waals surface area contributed by atoms with Crippen LogP contribution in [0, 0.1) is 11.3 Å². The molecule has 0 aliphatic heterocycles. The molecule has 0 atom stereocenters. The first-order chi connectivity index (χ1) is 13.2. The minimum atomic E-state index is -0.227. The predicted octanol–water partition coefficient (Wildman–Crippen LogP) is 4.98. The van der Waals surface area contributed by atoms with Crippen molar-refractivity contribution < 1.29 is 9.90 Å². The van der Waals surface area contributed by atoms with E-state index in [2.05, 4.69) is 5.32 Å². The molecule has 27 heavy (non-hydrogen) atoms. The average molecular weight is 359 g/mol. The van der Waals surface area contributed by atoms with E-state index in [0.29, 0.717) is 28.7 Å². The van der Waals surface area contributed by atoms with Crippen molar-refractivity contribution in [1.29, 1.82) is 5.26 Å². The first-order valence-corrected chi connectivity index (χ1v) is 9.31. The van der Waals surface area contributed by atoms with Gasteiger partial charge in [-0.3, -0.25) is 4.79 Å². The highest BCUT2D eigenvalue weighted by Crippen LogP contribution is 2.37. The maximum absolute atomic E-state index is 12.4. The summed E-state index contributed by atoms with van der Waals surface area (Å²) >= 11 is 0. The van der Waals surface area contributed by atoms with E-state index >= 15 is 0 Å². The number of amides is 1. The summed E-state index contributed by atoms with van der Waals surface area (Å²) in [7, 11) is 0. The van der Waals surface area contributed by atoms with E-state index in [9.17, 15) is 9.90 Å². The zero-order valence-corrected chi connectivity index (χ0v) is 15.0. The van der Waals surface area contributed by atoms with Gasteiger partial charge in [0.15, 0.2) is 5.88 Å². The van der Waals surface area contributed by atoms with E-state index in [1.54, 1.807) is 30.3 Å². The number of nitrogens with one attached hydrogen (secondary N) is 1. The zero-order valence-electron chi connectivity index (χ0n) is 15.0. The Hall–Kier alpha value is -3.26. The minimum Gasteiger partial charge on any atom is -0.494 e. The monoisotopic (exact) mass is 359 g/mol. The first-order valence-electron chi connectivity index (χ1n) is 9.31. The molecule has 1 aliphatic carbocycles. The van der Waals surface area contributed by atoms with Crippen molar-refractivity contribution in [3.63, 3.8) is 0 Å². The molecule has 0 saturated heterocycles. The van der Waals surface area contributed by atoms with Crippen LogP contribution in [0.4, 0.5) is 5.69 Å². The Kier molecular flexibility index (Phi) is 4.55. The number of nitriles is 1. The Morgan fingerprint density at radius 1 is 1.11 bits per heavy atom. The maximum Gasteiger partial charge on any atom is 0.255 e. The van der Waals surface area contributed by atoms with Gasteiger partial charge < -0.3 is 15.0 Å². The SMILES string of the molecule is N#Cc1ccc(C(=O)Nc2ccc3c(O)n(C4CCCCC4)cc3c2)cc1. The number of fused-ring (bicyclic) bond motifs is 1. The highest BCUT2D eigenvalue weighted by molar-refractivity contribution is 6.05. The smallest absolute Gasteiger partial charge is 0.255 e. The molecule has 1 aromatic heterocycles. The molecule has 1 heterocycles. The van der Waals surface area contributed by atoms with Gasteiger partial charge in [0.2, 0.25) is 0 Å². The molecule has 1 amide bonds. The van der Waals surface area contributed by atoms with Crippen molar-refractivity contribution in [3.05, 3.63) is 59.8 Å². The second kappa shape index (κ2) is 7.16. The van der Waals surface area contributed by atoms with E-state index in [1.165, 1.54) is 19.3 Å². The van der Waals surface area contributed by atoms with E-state index in [4.69, 9.17) is 5.26 Å². The summed E-state index contributed by atoms with van der Waals surface area (Å²) in [5.74, 6) is 0.0802. The van der Waals surface area contributed by atoms with Gasteiger partial charge >= 0.3 is 0 Å². The van der Waals surface area contributed by atoms with E-state index in [0.717, 1.165) is 23.6 Å². The van der Waals surface area contributed by atoms with Gasteiger partial charge in [0.05, 0.1) is 11.6 Å². The van der Waals surface area contributed by atoms with Crippen LogP contribution in [-0.4, -0.2) is 15.6 Å². The molecular formula is C22H21N3O2. The number of carbonyl (C=O) groups excluding carboxylic acids is 1. The van der Waals surface area contributed by atoms with Crippen molar-refractivity contribution in [3.8, 4) is 11.9 Å². The molecule has 4 rings (SSSR count). The number of benzene rings is 2. The quantitative estimate of drug-likeness (QED) is 0.692. The fraction of sp³-hybridized carbons (Fsp3) is 0.273. The number of hydrogen-bond acceptors (Lipinski definition) is 3. The molecule has 1 fully saturated rings. The van der Waals surface area contributed by atoms with Crippen molar-refractivity contribution in [2.75, 3.05) is 5.32 Å². The second-order valence-corrected chi connectivity index (χ2v) is 7.10. The van der Waals surface area contributed by atoms with Gasteiger partial charge in [-0.15, -0.1) is 0 Å². The molecule has 0 spiro atoms. The van der Waals surface area contributed by atoms with Crippen molar-refractivity contribution in [2.45, 2.75) is 38.1 Å². The lowest BCUT2D eigenvalue weighted by atomic mass is 9.95. The van der Waals surface area contributed by atoms with Crippen LogP contribution < -0.4 is 5.32 Å². The summed E-state index contributed by atoms with van der Waals surface area (Å²) in [5.41, 5.74) is 1.70. The predicted molar refractivity (Wildman–Crippen MR) is 105 cm³/mol. The van der Waals surface area contributed by atoms with Crippen LogP contribution in [0.3, 0.4) is 0 Å². The summed E-state index contributed by atoms with van der Waals surface area (Å²) in [6.07, 6.45) is 7.84. The summed E-state index contributed by atoms with van der Waals surface area (Å²) < 4.78 is 1.98. The molecule has 5 heteroatoms. The third-order valence-electron chi connectivity index (χ3n) is 5.32. The molecule has 0 radical (unpaired) electrons. The largest absolute Gasteiger partial charge is 0.494 e. The Morgan fingerprint density at radius 2 is 1.85 bits per heavy atom. The number of carbonyl (C=O) groups is 1. The zero-order chi connectivity index (χ0) is 18.8. The van der Waals surface area contributed by atoms with Crippen molar-refractivity contribution in [1.82, 2.24) is 4.57 Å². The maximum atomic E-state index is 12.4. The van der Waals surface area contributed by atoms with Crippen LogP contribution >= 0.6 is 0 Å². The van der Waals surface area contributed by atoms with Crippen molar-refractivity contribution in [2.24, 2.45) is 0 Å². The molecule has 2 aromatic carbocycles. The third kappa shape index (κ3) is 3.39. The third-order valence-corrected chi connectivity index (χ3v) is 5.32. The lowest BCUT2D eigenvalue weighted by Crippen LogP contribution is -2.11. The molecular weight excluding hydrogens is 338 g/mol. The molecule has 0 unspecified atom stereocenters. The summed E-state index contributed by atoms with van der Waals surface area (Å²) in [6, 6.07) is 14.4. The highest BCUT2D eigenvalue weighted by Gasteiger charge is 2.19. The number of hydrogen-bond donors (Lipinski definition) is 2. The Balaban J connectivity index is 1.57. The first kappa shape index (κ1) is 17.2. The van der Waals surface area contributed by atoms with Gasteiger partial charge in [-0.1, -0.05) is 19.3 Å². The number of rotatable bonds is 3. The Labute approximate surface area is 157 Å². The van der Waals surface area contributed by atoms with Gasteiger partial charge in [0, 0.05) is 34.3 Å². The molecule has 1 saturated carbocycles. The molecule has 2 N–H and O–H groups in total. The van der Waals surface area contributed by atoms with Crippen LogP contribution in [0.15, 0.2) is 48.7 Å². The average Bonchev–Trinajstić information content (AvgIpc) is 3.04. The minimum absolute atomic E-state index is 0.227. The Bertz CT molecular complexity index is 1020. The van der Waals surface area contributed by atoms with Gasteiger partial charge in [-0.05, 0) is 55.3 Å². The topological polar surface area (TPSA) is 78.1 Å². The van der Waals surface area contributed by atoms with Gasteiger partial charge in [0.25, 0.3) is 5.91 Å². The highest BCUT2D eigenvalue weighted by atomic mass is 16.3. The summed E-state index contributed by atoms with van der Waals surface area (Å²) in [6.45, 7) is 0. The fourth-order valence-corrected chi connectivity index (χ4v) is 3.84. The van der Waals surface area contributed by atoms with Crippen LogP contribution in [0.25, 0.3) is 10.8 Å². The molecule has 3 aromatic rings. The van der Waals surface area contributed by atoms with E-state index in [-0.39, 0.29) is 5.91 Å². The van der Waals surface area contributed by atoms with Crippen LogP contribution in [-0.2, 0) is 0 Å². The molecule has 0 bridgehead atoms. The number of nitrogens with zero attached hydrogens (tertiary/aromatic N) is 2. The molecule has 136 valence electrons. The standard InChI is InChI=1S/C22H21N3O2/c23-13-15-6-8-16(9-7-15)21(26)24-18-10-11-20-17(12-18)14-25(22(20)27)19-4-2-1-3-5-19/h6-12,14,19,27H,1-5H2,(H,24,26). The Morgan fingerprint density at radius 3 is 2.56 bits per heavy atom. The number of anilines is 1. The van der Waals surface area contributed by atoms with E-state index < -0.39 is 0 Å². The fourth-order valence-electron chi connectivity index (χ4n) is 3.84.